The molecule has 0 aliphatic carbocycles. The lowest BCUT2D eigenvalue weighted by Gasteiger charge is -2.33. The molecule has 0 unspecified atom stereocenters. The molecular formula is C6H7FN4O2. The third-order valence-corrected chi connectivity index (χ3v) is 1.83. The van der Waals surface area contributed by atoms with E-state index in [9.17, 15) is 14.0 Å². The minimum Gasteiger partial charge on any atom is -0.345 e. The van der Waals surface area contributed by atoms with E-state index >= 15 is 0 Å². The third kappa shape index (κ3) is 1.32. The number of H-pyrrole nitrogens is 2. The maximum Gasteiger partial charge on any atom is 0.342 e. The van der Waals surface area contributed by atoms with Crippen molar-refractivity contribution < 1.29 is 4.39 Å². The smallest absolute Gasteiger partial charge is 0.342 e. The molecule has 0 amide bonds. The maximum atomic E-state index is 12.4. The van der Waals surface area contributed by atoms with Gasteiger partial charge in [0.15, 0.2) is 0 Å². The van der Waals surface area contributed by atoms with Crippen LogP contribution in [0.4, 0.5) is 10.2 Å². The third-order valence-electron chi connectivity index (χ3n) is 1.83. The summed E-state index contributed by atoms with van der Waals surface area (Å²) >= 11 is 0. The molecule has 2 rings (SSSR count). The summed E-state index contributed by atoms with van der Waals surface area (Å²) in [6.45, 7) is 0.310. The monoisotopic (exact) mass is 186 g/mol. The Morgan fingerprint density at radius 3 is 2.69 bits per heavy atom. The van der Waals surface area contributed by atoms with E-state index < -0.39 is 17.4 Å². The predicted molar refractivity (Wildman–Crippen MR) is 42.6 cm³/mol. The average Bonchev–Trinajstić information content (AvgIpc) is 2.00. The molecule has 0 bridgehead atoms. The summed E-state index contributed by atoms with van der Waals surface area (Å²) in [6, 6.07) is 0. The molecule has 0 saturated carbocycles. The van der Waals surface area contributed by atoms with Gasteiger partial charge in [0.1, 0.15) is 6.17 Å². The average molecular weight is 186 g/mol. The van der Waals surface area contributed by atoms with Crippen LogP contribution in [0.5, 0.6) is 0 Å². The van der Waals surface area contributed by atoms with Gasteiger partial charge in [0.05, 0.1) is 13.1 Å². The minimum absolute atomic E-state index is 0.0634. The minimum atomic E-state index is -0.909. The SMILES string of the molecule is O=c1[nH]nc(N2CC(F)C2)c(=O)[nH]1. The van der Waals surface area contributed by atoms with E-state index in [1.54, 1.807) is 0 Å². The molecule has 6 nitrogen and oxygen atoms in total. The van der Waals surface area contributed by atoms with Crippen LogP contribution in [0.1, 0.15) is 0 Å². The summed E-state index contributed by atoms with van der Waals surface area (Å²) in [7, 11) is 0. The highest BCUT2D eigenvalue weighted by Crippen LogP contribution is 2.14. The summed E-state index contributed by atoms with van der Waals surface area (Å²) < 4.78 is 12.4. The largest absolute Gasteiger partial charge is 0.345 e. The van der Waals surface area contributed by atoms with Gasteiger partial charge in [-0.05, 0) is 0 Å². The lowest BCUT2D eigenvalue weighted by molar-refractivity contribution is 0.272. The number of halogens is 1. The Kier molecular flexibility index (Phi) is 1.64. The fourth-order valence-corrected chi connectivity index (χ4v) is 1.15. The van der Waals surface area contributed by atoms with E-state index in [4.69, 9.17) is 0 Å². The second-order valence-corrected chi connectivity index (χ2v) is 2.83. The van der Waals surface area contributed by atoms with E-state index in [-0.39, 0.29) is 18.9 Å². The molecule has 7 heteroatoms. The molecule has 0 aromatic carbocycles. The molecule has 2 N–H and O–H groups in total. The van der Waals surface area contributed by atoms with Gasteiger partial charge < -0.3 is 4.90 Å². The fourth-order valence-electron chi connectivity index (χ4n) is 1.15. The van der Waals surface area contributed by atoms with Gasteiger partial charge in [0, 0.05) is 0 Å². The van der Waals surface area contributed by atoms with E-state index in [0.717, 1.165) is 0 Å². The molecule has 1 aromatic heterocycles. The molecule has 0 atom stereocenters. The molecule has 13 heavy (non-hydrogen) atoms. The summed E-state index contributed by atoms with van der Waals surface area (Å²) in [5, 5.41) is 5.59. The highest BCUT2D eigenvalue weighted by Gasteiger charge is 2.29. The normalized spacial score (nSPS) is 17.2. The molecule has 1 aliphatic heterocycles. The summed E-state index contributed by atoms with van der Waals surface area (Å²) in [4.78, 5) is 25.1. The van der Waals surface area contributed by atoms with Crippen molar-refractivity contribution in [3.63, 3.8) is 0 Å². The van der Waals surface area contributed by atoms with Gasteiger partial charge in [-0.1, -0.05) is 0 Å². The van der Waals surface area contributed by atoms with Crippen LogP contribution in [0, 0.1) is 0 Å². The molecule has 1 aromatic rings. The Balaban J connectivity index is 2.32. The highest BCUT2D eigenvalue weighted by molar-refractivity contribution is 5.38. The van der Waals surface area contributed by atoms with Crippen molar-refractivity contribution in [1.82, 2.24) is 15.2 Å². The van der Waals surface area contributed by atoms with Gasteiger partial charge in [0.2, 0.25) is 5.82 Å². The molecule has 2 heterocycles. The number of aromatic amines is 2. The van der Waals surface area contributed by atoms with Crippen LogP contribution >= 0.6 is 0 Å². The topological polar surface area (TPSA) is 81.8 Å². The Hall–Kier alpha value is -1.66. The van der Waals surface area contributed by atoms with Crippen molar-refractivity contribution in [3.05, 3.63) is 20.8 Å². The van der Waals surface area contributed by atoms with Crippen LogP contribution < -0.4 is 16.1 Å². The van der Waals surface area contributed by atoms with Gasteiger partial charge in [-0.15, -0.1) is 5.10 Å². The Bertz CT molecular complexity index is 419. The van der Waals surface area contributed by atoms with Crippen LogP contribution in [0.2, 0.25) is 0 Å². The summed E-state index contributed by atoms with van der Waals surface area (Å²) in [6.07, 6.45) is -0.909. The number of nitrogens with one attached hydrogen (secondary N) is 2. The fraction of sp³-hybridized carbons (Fsp3) is 0.500. The number of anilines is 1. The summed E-state index contributed by atoms with van der Waals surface area (Å²) in [5.74, 6) is 0.0634. The van der Waals surface area contributed by atoms with E-state index in [1.165, 1.54) is 4.90 Å². The number of hydrogen-bond donors (Lipinski definition) is 2. The number of rotatable bonds is 1. The molecule has 1 fully saturated rings. The van der Waals surface area contributed by atoms with E-state index in [2.05, 4.69) is 10.2 Å². The van der Waals surface area contributed by atoms with Crippen LogP contribution in [0.15, 0.2) is 9.59 Å². The first kappa shape index (κ1) is 7.96. The number of aromatic nitrogens is 3. The molecule has 0 radical (unpaired) electrons. The maximum absolute atomic E-state index is 12.4. The van der Waals surface area contributed by atoms with Crippen LogP contribution in [-0.2, 0) is 0 Å². The van der Waals surface area contributed by atoms with Crippen molar-refractivity contribution in [1.29, 1.82) is 0 Å². The van der Waals surface area contributed by atoms with Crippen LogP contribution in [0.3, 0.4) is 0 Å². The van der Waals surface area contributed by atoms with Crippen molar-refractivity contribution in [2.24, 2.45) is 0 Å². The van der Waals surface area contributed by atoms with E-state index in [1.807, 2.05) is 4.98 Å². The molecule has 1 saturated heterocycles. The van der Waals surface area contributed by atoms with Crippen LogP contribution in [0.25, 0.3) is 0 Å². The lowest BCUT2D eigenvalue weighted by atomic mass is 10.2. The molecule has 0 spiro atoms. The van der Waals surface area contributed by atoms with Gasteiger partial charge in [-0.3, -0.25) is 9.78 Å². The standard InChI is InChI=1S/C6H7FN4O2/c7-3-1-11(2-3)4-5(12)8-6(13)10-9-4/h3H,1-2H2,(H2,8,10,12,13). The first-order chi connectivity index (χ1) is 6.16. The van der Waals surface area contributed by atoms with Crippen molar-refractivity contribution >= 4 is 5.82 Å². The first-order valence-corrected chi connectivity index (χ1v) is 3.75. The van der Waals surface area contributed by atoms with Crippen molar-refractivity contribution in [2.45, 2.75) is 6.17 Å². The second kappa shape index (κ2) is 2.68. The first-order valence-electron chi connectivity index (χ1n) is 3.75. The highest BCUT2D eigenvalue weighted by atomic mass is 19.1. The quantitative estimate of drug-likeness (QED) is 0.566. The van der Waals surface area contributed by atoms with Gasteiger partial charge >= 0.3 is 5.69 Å². The summed E-state index contributed by atoms with van der Waals surface area (Å²) in [5.41, 5.74) is -1.25. The Labute approximate surface area is 71.4 Å². The molecular weight excluding hydrogens is 179 g/mol. The zero-order valence-corrected chi connectivity index (χ0v) is 6.58. The van der Waals surface area contributed by atoms with Gasteiger partial charge in [0.25, 0.3) is 5.56 Å². The Morgan fingerprint density at radius 1 is 1.46 bits per heavy atom. The number of nitrogens with zero attached hydrogens (tertiary/aromatic N) is 2. The molecule has 70 valence electrons. The zero-order chi connectivity index (χ0) is 9.42. The number of hydrogen-bond acceptors (Lipinski definition) is 4. The van der Waals surface area contributed by atoms with E-state index in [0.29, 0.717) is 0 Å². The number of alkyl halides is 1. The van der Waals surface area contributed by atoms with Gasteiger partial charge in [-0.2, -0.15) is 0 Å². The van der Waals surface area contributed by atoms with Gasteiger partial charge in [-0.25, -0.2) is 14.3 Å². The van der Waals surface area contributed by atoms with Crippen molar-refractivity contribution in [2.75, 3.05) is 18.0 Å². The van der Waals surface area contributed by atoms with Crippen LogP contribution in [-0.4, -0.2) is 34.4 Å². The second-order valence-electron chi connectivity index (χ2n) is 2.83. The predicted octanol–water partition coefficient (Wildman–Crippen LogP) is -1.38. The zero-order valence-electron chi connectivity index (χ0n) is 6.58. The van der Waals surface area contributed by atoms with Crippen molar-refractivity contribution in [3.8, 4) is 0 Å². The molecule has 1 aliphatic rings. The lowest BCUT2D eigenvalue weighted by Crippen LogP contribution is -2.51. The Morgan fingerprint density at radius 2 is 2.15 bits per heavy atom.